The highest BCUT2D eigenvalue weighted by molar-refractivity contribution is 14.0. The van der Waals surface area contributed by atoms with Gasteiger partial charge in [-0.25, -0.2) is 0 Å². The Morgan fingerprint density at radius 2 is 1.90 bits per heavy atom. The van der Waals surface area contributed by atoms with Crippen molar-refractivity contribution in [2.45, 2.75) is 13.1 Å². The van der Waals surface area contributed by atoms with Gasteiger partial charge in [-0.2, -0.15) is 5.10 Å². The topological polar surface area (TPSA) is 59.2 Å². The molecule has 2 aromatic rings. The molecule has 0 amide bonds. The zero-order valence-electron chi connectivity index (χ0n) is 12.0. The number of guanidine groups is 1. The first kappa shape index (κ1) is 16.5. The van der Waals surface area contributed by atoms with E-state index in [4.69, 9.17) is 0 Å². The van der Waals surface area contributed by atoms with E-state index >= 15 is 0 Å². The molecule has 0 aliphatic heterocycles. The summed E-state index contributed by atoms with van der Waals surface area (Å²) >= 11 is 0. The van der Waals surface area contributed by atoms with Gasteiger partial charge in [-0.3, -0.25) is 9.67 Å². The van der Waals surface area contributed by atoms with Crippen LogP contribution in [-0.2, 0) is 27.2 Å². The number of aromatic nitrogens is 3. The minimum absolute atomic E-state index is 0. The summed E-state index contributed by atoms with van der Waals surface area (Å²) in [5, 5.41) is 10.7. The average Bonchev–Trinajstić information content (AvgIpc) is 2.99. The van der Waals surface area contributed by atoms with E-state index in [2.05, 4.69) is 31.4 Å². The number of aliphatic imine (C=N–C) groups is 1. The monoisotopic (exact) mass is 388 g/mol. The van der Waals surface area contributed by atoms with Gasteiger partial charge in [-0.05, 0) is 18.2 Å². The normalized spacial score (nSPS) is 11.1. The summed E-state index contributed by atoms with van der Waals surface area (Å²) in [5.74, 6) is 0.780. The van der Waals surface area contributed by atoms with E-state index in [0.29, 0.717) is 6.54 Å². The van der Waals surface area contributed by atoms with Crippen LogP contribution in [0.15, 0.2) is 35.6 Å². The molecule has 2 rings (SSSR count). The van der Waals surface area contributed by atoms with Crippen LogP contribution in [0.2, 0.25) is 0 Å². The van der Waals surface area contributed by atoms with E-state index in [1.54, 1.807) is 13.2 Å². The van der Waals surface area contributed by atoms with Gasteiger partial charge in [0.1, 0.15) is 0 Å². The molecule has 0 saturated carbocycles. The lowest BCUT2D eigenvalue weighted by Gasteiger charge is -2.12. The highest BCUT2D eigenvalue weighted by Gasteiger charge is 2.02. The number of halogens is 1. The standard InChI is InChI=1S/C13H20N6.HI/c1-14-13(15-9-11-5-4-8-18(11)2)16-10-12-6-7-17-19(12)3;/h4-8H,9-10H2,1-3H3,(H2,14,15,16);1H. The molecule has 0 aliphatic carbocycles. The second-order valence-corrected chi connectivity index (χ2v) is 4.34. The van der Waals surface area contributed by atoms with Crippen LogP contribution in [0.3, 0.4) is 0 Å². The highest BCUT2D eigenvalue weighted by Crippen LogP contribution is 1.98. The largest absolute Gasteiger partial charge is 0.353 e. The highest BCUT2D eigenvalue weighted by atomic mass is 127. The Kier molecular flexibility index (Phi) is 6.56. The number of rotatable bonds is 4. The van der Waals surface area contributed by atoms with Crippen LogP contribution in [0.25, 0.3) is 0 Å². The average molecular weight is 388 g/mol. The van der Waals surface area contributed by atoms with Crippen molar-refractivity contribution in [2.75, 3.05) is 7.05 Å². The number of hydrogen-bond donors (Lipinski definition) is 2. The molecule has 0 spiro atoms. The minimum atomic E-state index is 0. The van der Waals surface area contributed by atoms with Crippen molar-refractivity contribution in [3.63, 3.8) is 0 Å². The van der Waals surface area contributed by atoms with Crippen LogP contribution in [0.1, 0.15) is 11.4 Å². The molecule has 0 unspecified atom stereocenters. The molecule has 0 aliphatic rings. The Labute approximate surface area is 136 Å². The van der Waals surface area contributed by atoms with E-state index < -0.39 is 0 Å². The van der Waals surface area contributed by atoms with Crippen LogP contribution in [0.4, 0.5) is 0 Å². The molecule has 2 heterocycles. The summed E-state index contributed by atoms with van der Waals surface area (Å²) in [6.45, 7) is 1.44. The lowest BCUT2D eigenvalue weighted by Crippen LogP contribution is -2.37. The Balaban J connectivity index is 0.00000200. The van der Waals surface area contributed by atoms with Gasteiger partial charge in [0.15, 0.2) is 5.96 Å². The van der Waals surface area contributed by atoms with E-state index in [0.717, 1.165) is 18.2 Å². The zero-order chi connectivity index (χ0) is 13.7. The first-order chi connectivity index (χ1) is 9.20. The molecular weight excluding hydrogens is 367 g/mol. The first-order valence-corrected chi connectivity index (χ1v) is 6.22. The fourth-order valence-electron chi connectivity index (χ4n) is 1.82. The fraction of sp³-hybridized carbons (Fsp3) is 0.385. The number of nitrogens with zero attached hydrogens (tertiary/aromatic N) is 4. The molecule has 0 fully saturated rings. The molecule has 0 aromatic carbocycles. The first-order valence-electron chi connectivity index (χ1n) is 6.22. The summed E-state index contributed by atoms with van der Waals surface area (Å²) < 4.78 is 3.93. The fourth-order valence-corrected chi connectivity index (χ4v) is 1.82. The third-order valence-electron chi connectivity index (χ3n) is 3.07. The van der Waals surface area contributed by atoms with Crippen LogP contribution in [0, 0.1) is 0 Å². The van der Waals surface area contributed by atoms with Crippen molar-refractivity contribution in [3.8, 4) is 0 Å². The van der Waals surface area contributed by atoms with E-state index in [-0.39, 0.29) is 24.0 Å². The van der Waals surface area contributed by atoms with Crippen LogP contribution in [0.5, 0.6) is 0 Å². The molecule has 7 heteroatoms. The van der Waals surface area contributed by atoms with Crippen molar-refractivity contribution in [1.82, 2.24) is 25.0 Å². The summed E-state index contributed by atoms with van der Waals surface area (Å²) in [6.07, 6.45) is 3.82. The Morgan fingerprint density at radius 3 is 2.40 bits per heavy atom. The van der Waals surface area contributed by atoms with Crippen molar-refractivity contribution < 1.29 is 0 Å². The number of hydrogen-bond acceptors (Lipinski definition) is 2. The zero-order valence-corrected chi connectivity index (χ0v) is 14.3. The van der Waals surface area contributed by atoms with Crippen molar-refractivity contribution in [1.29, 1.82) is 0 Å². The number of aryl methyl sites for hydroxylation is 2. The van der Waals surface area contributed by atoms with Gasteiger partial charge >= 0.3 is 0 Å². The summed E-state index contributed by atoms with van der Waals surface area (Å²) in [5.41, 5.74) is 2.32. The molecule has 0 bridgehead atoms. The maximum atomic E-state index is 4.20. The van der Waals surface area contributed by atoms with Crippen molar-refractivity contribution in [2.24, 2.45) is 19.1 Å². The predicted molar refractivity (Wildman–Crippen MR) is 91.1 cm³/mol. The smallest absolute Gasteiger partial charge is 0.191 e. The maximum Gasteiger partial charge on any atom is 0.191 e. The second kappa shape index (κ2) is 7.93. The third-order valence-corrected chi connectivity index (χ3v) is 3.07. The van der Waals surface area contributed by atoms with Gasteiger partial charge in [-0.1, -0.05) is 0 Å². The molecular formula is C13H21IN6. The summed E-state index contributed by atoms with van der Waals surface area (Å²) in [6, 6.07) is 6.10. The lowest BCUT2D eigenvalue weighted by molar-refractivity contribution is 0.681. The van der Waals surface area contributed by atoms with Crippen LogP contribution in [-0.4, -0.2) is 27.4 Å². The van der Waals surface area contributed by atoms with E-state index in [1.165, 1.54) is 5.69 Å². The summed E-state index contributed by atoms with van der Waals surface area (Å²) in [7, 11) is 5.73. The Hall–Kier alpha value is -1.51. The molecule has 2 N–H and O–H groups in total. The van der Waals surface area contributed by atoms with Crippen LogP contribution < -0.4 is 10.6 Å². The number of nitrogens with one attached hydrogen (secondary N) is 2. The molecule has 0 radical (unpaired) electrons. The molecule has 0 atom stereocenters. The van der Waals surface area contributed by atoms with Gasteiger partial charge in [0.05, 0.1) is 18.8 Å². The minimum Gasteiger partial charge on any atom is -0.353 e. The molecule has 110 valence electrons. The summed E-state index contributed by atoms with van der Waals surface area (Å²) in [4.78, 5) is 4.20. The molecule has 6 nitrogen and oxygen atoms in total. The third kappa shape index (κ3) is 4.26. The maximum absolute atomic E-state index is 4.20. The van der Waals surface area contributed by atoms with Gasteiger partial charge in [-0.15, -0.1) is 24.0 Å². The van der Waals surface area contributed by atoms with Gasteiger partial charge < -0.3 is 15.2 Å². The molecule has 2 aromatic heterocycles. The van der Waals surface area contributed by atoms with E-state index in [1.807, 2.05) is 37.1 Å². The lowest BCUT2D eigenvalue weighted by atomic mass is 10.4. The Bertz CT molecular complexity index is 510. The predicted octanol–water partition coefficient (Wildman–Crippen LogP) is 1.24. The second-order valence-electron chi connectivity index (χ2n) is 4.34. The van der Waals surface area contributed by atoms with Crippen LogP contribution >= 0.6 is 24.0 Å². The van der Waals surface area contributed by atoms with Crippen molar-refractivity contribution >= 4 is 29.9 Å². The molecule has 0 saturated heterocycles. The van der Waals surface area contributed by atoms with Gasteiger partial charge in [0.25, 0.3) is 0 Å². The SMILES string of the molecule is CN=C(NCc1cccn1C)NCc1ccnn1C.I. The van der Waals surface area contributed by atoms with Crippen molar-refractivity contribution in [3.05, 3.63) is 42.0 Å². The van der Waals surface area contributed by atoms with E-state index in [9.17, 15) is 0 Å². The van der Waals surface area contributed by atoms with Gasteiger partial charge in [0, 0.05) is 39.2 Å². The van der Waals surface area contributed by atoms with Gasteiger partial charge in [0.2, 0.25) is 0 Å². The quantitative estimate of drug-likeness (QED) is 0.471. The Morgan fingerprint density at radius 1 is 1.20 bits per heavy atom. The molecule has 20 heavy (non-hydrogen) atoms.